The van der Waals surface area contributed by atoms with E-state index in [1.165, 1.54) is 36.9 Å². The molecule has 8 aliphatic rings. The van der Waals surface area contributed by atoms with Crippen LogP contribution in [0.3, 0.4) is 0 Å². The number of amidine groups is 1. The van der Waals surface area contributed by atoms with Gasteiger partial charge in [0.15, 0.2) is 16.5 Å². The van der Waals surface area contributed by atoms with Crippen molar-refractivity contribution in [1.82, 2.24) is 15.3 Å². The van der Waals surface area contributed by atoms with Gasteiger partial charge in [0, 0.05) is 33.6 Å². The number of carboxylic acid groups (broad SMARTS) is 1. The van der Waals surface area contributed by atoms with Gasteiger partial charge in [-0.25, -0.2) is 23.9 Å². The van der Waals surface area contributed by atoms with Crippen molar-refractivity contribution < 1.29 is 28.2 Å². The summed E-state index contributed by atoms with van der Waals surface area (Å²) in [6.07, 6.45) is 5.76. The van der Waals surface area contributed by atoms with Crippen LogP contribution >= 0.6 is 22.9 Å². The van der Waals surface area contributed by atoms with Crippen LogP contribution in [0.1, 0.15) is 28.3 Å². The Morgan fingerprint density at radius 2 is 1.90 bits per heavy atom. The molecule has 9 nitrogen and oxygen atoms in total. The molecule has 0 radical (unpaired) electrons. The van der Waals surface area contributed by atoms with Crippen molar-refractivity contribution in [2.24, 2.45) is 57.8 Å². The second kappa shape index (κ2) is 7.12. The zero-order valence-electron chi connectivity index (χ0n) is 21.2. The number of oxazole rings is 1. The molecule has 2 aromatic rings. The number of thiazole rings is 1. The number of hydrogen-bond donors (Lipinski definition) is 2. The number of carboxylic acids is 1. The van der Waals surface area contributed by atoms with E-state index in [9.17, 15) is 19.1 Å². The van der Waals surface area contributed by atoms with Gasteiger partial charge in [0.2, 0.25) is 5.89 Å². The van der Waals surface area contributed by atoms with Crippen LogP contribution in [0, 0.1) is 52.8 Å². The molecule has 0 spiro atoms. The fourth-order valence-corrected chi connectivity index (χ4v) is 11.3. The summed E-state index contributed by atoms with van der Waals surface area (Å²) in [5, 5.41) is 15.8. The highest BCUT2D eigenvalue weighted by atomic mass is 35.5. The number of rotatable bonds is 6. The third-order valence-corrected chi connectivity index (χ3v) is 12.3. The lowest BCUT2D eigenvalue weighted by atomic mass is 8.92. The second-order valence-corrected chi connectivity index (χ2v) is 13.3. The van der Waals surface area contributed by atoms with Gasteiger partial charge in [-0.2, -0.15) is 0 Å². The molecule has 6 fully saturated rings. The Bertz CT molecular complexity index is 1640. The smallest absolute Gasteiger partial charge is 0.357 e. The summed E-state index contributed by atoms with van der Waals surface area (Å²) < 4.78 is 25.3. The zero-order valence-corrected chi connectivity index (χ0v) is 22.7. The maximum absolute atomic E-state index is 14.3. The number of nitrogens with zero attached hydrogens (tertiary/aromatic N) is 3. The molecular formula is C28H22ClFN4O5S. The Balaban J connectivity index is 1.15. The highest BCUT2D eigenvalue weighted by molar-refractivity contribution is 7.11. The van der Waals surface area contributed by atoms with E-state index >= 15 is 0 Å². The number of esters is 1. The number of aromatic nitrogens is 2. The minimum absolute atomic E-state index is 0.0628. The van der Waals surface area contributed by atoms with Crippen LogP contribution in [0.5, 0.6) is 0 Å². The monoisotopic (exact) mass is 580 g/mol. The van der Waals surface area contributed by atoms with Crippen molar-refractivity contribution in [3.05, 3.63) is 68.7 Å². The van der Waals surface area contributed by atoms with Gasteiger partial charge in [-0.3, -0.25) is 4.99 Å². The summed E-state index contributed by atoms with van der Waals surface area (Å²) >= 11 is 8.12. The molecule has 0 amide bonds. The van der Waals surface area contributed by atoms with E-state index in [-0.39, 0.29) is 22.4 Å². The molecule has 6 saturated carbocycles. The van der Waals surface area contributed by atoms with E-state index in [2.05, 4.69) is 15.3 Å². The molecule has 0 aromatic carbocycles. The molecule has 10 rings (SSSR count). The lowest BCUT2D eigenvalue weighted by Crippen LogP contribution is -3.11. The normalized spacial score (nSPS) is 44.3. The van der Waals surface area contributed by atoms with Gasteiger partial charge in [0.05, 0.1) is 24.1 Å². The van der Waals surface area contributed by atoms with Crippen LogP contribution in [0.4, 0.5) is 4.39 Å². The van der Waals surface area contributed by atoms with E-state index in [1.54, 1.807) is 6.20 Å². The first kappa shape index (κ1) is 23.4. The Hall–Kier alpha value is -3.31. The van der Waals surface area contributed by atoms with Crippen molar-refractivity contribution in [3.8, 4) is 0 Å². The maximum Gasteiger partial charge on any atom is 0.357 e. The number of allylic oxidation sites excluding steroid dienone is 4. The molecule has 2 unspecified atom stereocenters. The predicted molar refractivity (Wildman–Crippen MR) is 139 cm³/mol. The predicted octanol–water partition coefficient (Wildman–Crippen LogP) is 3.91. The lowest BCUT2D eigenvalue weighted by molar-refractivity contribution is -0.621. The first-order valence-corrected chi connectivity index (χ1v) is 14.5. The van der Waals surface area contributed by atoms with E-state index in [0.717, 1.165) is 5.70 Å². The molecule has 3 atom stereocenters. The number of aromatic carboxylic acids is 1. The SMILES string of the molecule is COC(=O)C1=C(C23C4C5C2C2C3C4C52c2nc(C(=O)O)co2)NC(c2nccs2)=N[C@@H]1C1C(Cl)=CC(F)=CC1C. The number of halogens is 2. The molecule has 0 saturated heterocycles. The minimum atomic E-state index is -1.10. The van der Waals surface area contributed by atoms with E-state index < -0.39 is 29.7 Å². The van der Waals surface area contributed by atoms with Gasteiger partial charge < -0.3 is 19.6 Å². The summed E-state index contributed by atoms with van der Waals surface area (Å²) in [5.74, 6) is 0.440. The number of nitrogens with one attached hydrogen (secondary N) is 1. The van der Waals surface area contributed by atoms with Gasteiger partial charge in [-0.15, -0.1) is 11.3 Å². The molecule has 2 N–H and O–H groups in total. The highest BCUT2D eigenvalue weighted by Gasteiger charge is 3.11. The average Bonchev–Trinajstić information content (AvgIpc) is 3.65. The average molecular weight is 581 g/mol. The van der Waals surface area contributed by atoms with Crippen LogP contribution in [-0.2, 0) is 14.9 Å². The molecule has 2 aromatic heterocycles. The van der Waals surface area contributed by atoms with E-state index in [1.807, 2.05) is 12.3 Å². The minimum Gasteiger partial charge on any atom is -0.476 e. The van der Waals surface area contributed by atoms with Crippen molar-refractivity contribution in [2.45, 2.75) is 18.4 Å². The maximum atomic E-state index is 14.3. The Labute approximate surface area is 235 Å². The third kappa shape index (κ3) is 2.17. The van der Waals surface area contributed by atoms with Crippen molar-refractivity contribution in [2.75, 3.05) is 7.11 Å². The Morgan fingerprint density at radius 1 is 1.20 bits per heavy atom. The summed E-state index contributed by atoms with van der Waals surface area (Å²) in [4.78, 5) is 38.8. The Morgan fingerprint density at radius 3 is 2.48 bits per heavy atom. The summed E-state index contributed by atoms with van der Waals surface area (Å²) in [6.45, 7) is 1.88. The van der Waals surface area contributed by atoms with E-state index in [4.69, 9.17) is 25.7 Å². The van der Waals surface area contributed by atoms with Crippen LogP contribution in [0.15, 0.2) is 61.5 Å². The number of hydrogen-bond acceptors (Lipinski definition) is 9. The molecule has 12 heteroatoms. The van der Waals surface area contributed by atoms with Gasteiger partial charge >= 0.3 is 11.9 Å². The topological polar surface area (TPSA) is 127 Å². The highest BCUT2D eigenvalue weighted by Crippen LogP contribution is 3.10. The number of ether oxygens (including phenoxy) is 1. The first-order valence-electron chi connectivity index (χ1n) is 13.3. The fourth-order valence-electron chi connectivity index (χ4n) is 10.3. The van der Waals surface area contributed by atoms with Crippen LogP contribution < -0.4 is 5.32 Å². The molecule has 1 aliphatic heterocycles. The van der Waals surface area contributed by atoms with Gasteiger partial charge in [-0.1, -0.05) is 18.5 Å². The second-order valence-electron chi connectivity index (χ2n) is 12.0. The number of carbonyl (C=O) groups excluding carboxylic acids is 1. The zero-order chi connectivity index (χ0) is 27.5. The molecule has 0 bridgehead atoms. The van der Waals surface area contributed by atoms with Gasteiger partial charge in [0.25, 0.3) is 0 Å². The first-order chi connectivity index (χ1) is 19.3. The largest absolute Gasteiger partial charge is 0.476 e. The van der Waals surface area contributed by atoms with Crippen molar-refractivity contribution in [3.63, 3.8) is 0 Å². The van der Waals surface area contributed by atoms with Crippen molar-refractivity contribution in [1.29, 1.82) is 0 Å². The number of carbonyl (C=O) groups is 2. The molecule has 204 valence electrons. The Kier molecular flexibility index (Phi) is 4.16. The van der Waals surface area contributed by atoms with E-state index in [0.29, 0.717) is 62.8 Å². The number of aliphatic imine (C=N–C) groups is 1. The van der Waals surface area contributed by atoms with Gasteiger partial charge in [0.1, 0.15) is 12.1 Å². The summed E-state index contributed by atoms with van der Waals surface area (Å²) in [5.41, 5.74) is 0.850. The van der Waals surface area contributed by atoms with Crippen LogP contribution in [0.25, 0.3) is 0 Å². The van der Waals surface area contributed by atoms with Crippen LogP contribution in [0.2, 0.25) is 0 Å². The molecule has 3 heterocycles. The van der Waals surface area contributed by atoms with Crippen LogP contribution in [-0.4, -0.2) is 46.0 Å². The quantitative estimate of drug-likeness (QED) is 0.493. The lowest BCUT2D eigenvalue weighted by Gasteiger charge is -3.10. The molecule has 40 heavy (non-hydrogen) atoms. The standard InChI is InChI=1S/C28H22ClFN4O5S/c1-8-5-9(30)6-10(29)12(8)20-13(25(37)38-2)21(34-22(33-20)23-31-3-4-40-23)27-14-17-15(27)19-16(27)18(14)28(17,19)26-32-11(7-39-26)24(35)36/h3-8,12,14-20H,1-2H3,(H,33,34)(H,35,36)/t8?,12?,14?,15?,16?,17?,18?,19?,20-,27?,28?/m1/s1. The van der Waals surface area contributed by atoms with Gasteiger partial charge in [-0.05, 0) is 53.6 Å². The summed E-state index contributed by atoms with van der Waals surface area (Å²) in [6, 6.07) is -0.676. The number of methoxy groups -OCH3 is 1. The van der Waals surface area contributed by atoms with Crippen molar-refractivity contribution >= 4 is 40.7 Å². The fraction of sp³-hybridized carbons (Fsp3) is 0.464. The summed E-state index contributed by atoms with van der Waals surface area (Å²) in [7, 11) is 1.36. The molecular weight excluding hydrogens is 559 g/mol. The molecule has 7 aliphatic carbocycles. The third-order valence-electron chi connectivity index (χ3n) is 11.2.